The smallest absolute Gasteiger partial charge is 0.294 e. The van der Waals surface area contributed by atoms with Crippen molar-refractivity contribution < 1.29 is 14.7 Å². The maximum atomic E-state index is 12.8. The fourth-order valence-electron chi connectivity index (χ4n) is 3.25. The first-order valence-electron chi connectivity index (χ1n) is 9.18. The van der Waals surface area contributed by atoms with E-state index in [1.807, 2.05) is 19.9 Å². The Bertz CT molecular complexity index is 1080. The molecule has 8 heteroatoms. The van der Waals surface area contributed by atoms with Crippen LogP contribution in [0.5, 0.6) is 5.75 Å². The molecule has 150 valence electrons. The van der Waals surface area contributed by atoms with E-state index >= 15 is 0 Å². The van der Waals surface area contributed by atoms with E-state index in [0.29, 0.717) is 35.4 Å². The van der Waals surface area contributed by atoms with Crippen LogP contribution in [0.4, 0.5) is 0 Å². The van der Waals surface area contributed by atoms with Crippen LogP contribution in [0, 0.1) is 21.4 Å². The van der Waals surface area contributed by atoms with E-state index in [1.54, 1.807) is 37.4 Å². The highest BCUT2D eigenvalue weighted by molar-refractivity contribution is 5.74. The van der Waals surface area contributed by atoms with Crippen LogP contribution >= 0.6 is 0 Å². The van der Waals surface area contributed by atoms with Crippen molar-refractivity contribution in [1.29, 1.82) is 5.26 Å². The summed E-state index contributed by atoms with van der Waals surface area (Å²) in [6.45, 7) is 5.40. The second-order valence-electron chi connectivity index (χ2n) is 7.48. The molecule has 8 nitrogen and oxygen atoms in total. The molecule has 2 heterocycles. The molecule has 1 aromatic carbocycles. The summed E-state index contributed by atoms with van der Waals surface area (Å²) in [5.74, 6) is 0.605. The molecule has 1 atom stereocenters. The average molecular weight is 395 g/mol. The van der Waals surface area contributed by atoms with E-state index in [2.05, 4.69) is 10.9 Å². The highest BCUT2D eigenvalue weighted by Crippen LogP contribution is 2.36. The number of nitriles is 1. The first-order chi connectivity index (χ1) is 13.7. The van der Waals surface area contributed by atoms with Gasteiger partial charge in [-0.2, -0.15) is 5.26 Å². The van der Waals surface area contributed by atoms with Crippen LogP contribution in [-0.2, 0) is 11.3 Å². The fourth-order valence-corrected chi connectivity index (χ4v) is 3.25. The van der Waals surface area contributed by atoms with Gasteiger partial charge in [-0.25, -0.2) is 0 Å². The van der Waals surface area contributed by atoms with Crippen LogP contribution in [0.25, 0.3) is 5.70 Å². The Labute approximate surface area is 167 Å². The summed E-state index contributed by atoms with van der Waals surface area (Å²) in [6.07, 6.45) is 3.87. The largest absolute Gasteiger partial charge is 0.483 e. The number of hydrogen-bond donors (Lipinski definition) is 0. The van der Waals surface area contributed by atoms with Gasteiger partial charge >= 0.3 is 0 Å². The number of benzene rings is 1. The molecule has 0 N–H and O–H groups in total. The third-order valence-corrected chi connectivity index (χ3v) is 4.59. The van der Waals surface area contributed by atoms with Crippen molar-refractivity contribution in [2.75, 3.05) is 0 Å². The zero-order valence-electron chi connectivity index (χ0n) is 16.4. The van der Waals surface area contributed by atoms with E-state index in [1.165, 1.54) is 10.6 Å². The van der Waals surface area contributed by atoms with Gasteiger partial charge in [0.25, 0.3) is 10.6 Å². The Hall–Kier alpha value is -3.60. The summed E-state index contributed by atoms with van der Waals surface area (Å²) >= 11 is 0. The van der Waals surface area contributed by atoms with Crippen molar-refractivity contribution in [3.8, 4) is 11.8 Å². The van der Waals surface area contributed by atoms with E-state index < -0.39 is 16.8 Å². The van der Waals surface area contributed by atoms with Crippen LogP contribution in [0.15, 0.2) is 47.4 Å². The highest BCUT2D eigenvalue weighted by Gasteiger charge is 2.28. The molecule has 0 fully saturated rings. The normalized spacial score (nSPS) is 15.3. The summed E-state index contributed by atoms with van der Waals surface area (Å²) in [7, 11) is 0. The zero-order valence-corrected chi connectivity index (χ0v) is 16.4. The predicted octanol–water partition coefficient (Wildman–Crippen LogP) is 3.31. The van der Waals surface area contributed by atoms with Gasteiger partial charge in [0.05, 0.1) is 17.3 Å². The van der Waals surface area contributed by atoms with Gasteiger partial charge in [0.2, 0.25) is 0 Å². The molecule has 0 amide bonds. The van der Waals surface area contributed by atoms with Crippen molar-refractivity contribution in [2.24, 2.45) is 0 Å². The molecular weight excluding hydrogens is 374 g/mol. The van der Waals surface area contributed by atoms with E-state index in [9.17, 15) is 20.2 Å². The molecule has 0 aliphatic carbocycles. The fraction of sp³-hybridized carbons (Fsp3) is 0.333. The SMILES string of the molecule is CC(CCc1ccn(C2=CC(C)(C)Oc3ccc(C#N)cc32)c(=O)c1)O[N+](=O)[O-]. The van der Waals surface area contributed by atoms with Crippen molar-refractivity contribution in [2.45, 2.75) is 45.3 Å². The first kappa shape index (κ1) is 20.1. The molecule has 1 unspecified atom stereocenters. The van der Waals surface area contributed by atoms with Crippen molar-refractivity contribution >= 4 is 5.70 Å². The third kappa shape index (κ3) is 4.63. The van der Waals surface area contributed by atoms with Gasteiger partial charge < -0.3 is 9.57 Å². The Morgan fingerprint density at radius 1 is 1.34 bits per heavy atom. The molecule has 0 bridgehead atoms. The van der Waals surface area contributed by atoms with Gasteiger partial charge in [0.1, 0.15) is 17.5 Å². The summed E-state index contributed by atoms with van der Waals surface area (Å²) in [4.78, 5) is 27.7. The van der Waals surface area contributed by atoms with Gasteiger partial charge in [-0.15, -0.1) is 10.1 Å². The van der Waals surface area contributed by atoms with Gasteiger partial charge in [-0.1, -0.05) is 0 Å². The molecular formula is C21H21N3O5. The number of aryl methyl sites for hydroxylation is 1. The van der Waals surface area contributed by atoms with Gasteiger partial charge in [-0.05, 0) is 69.5 Å². The molecule has 1 aliphatic heterocycles. The molecule has 3 rings (SSSR count). The Balaban J connectivity index is 1.92. The van der Waals surface area contributed by atoms with Crippen LogP contribution in [0.1, 0.15) is 43.9 Å². The minimum Gasteiger partial charge on any atom is -0.483 e. The standard InChI is InChI=1S/C21H21N3O5/c1-14(29-24(26)27)4-5-15-8-9-23(20(25)11-15)18-12-21(2,3)28-19-7-6-16(13-22)10-17(18)19/h6-12,14H,4-5H2,1-3H3. The zero-order chi connectivity index (χ0) is 21.2. The Morgan fingerprint density at radius 3 is 2.76 bits per heavy atom. The molecule has 0 saturated heterocycles. The van der Waals surface area contributed by atoms with E-state index in [4.69, 9.17) is 4.74 Å². The monoisotopic (exact) mass is 395 g/mol. The third-order valence-electron chi connectivity index (χ3n) is 4.59. The van der Waals surface area contributed by atoms with Crippen molar-refractivity contribution in [3.05, 3.63) is 79.8 Å². The topological polar surface area (TPSA) is 107 Å². The summed E-state index contributed by atoms with van der Waals surface area (Å²) in [5.41, 5.74) is 1.71. The molecule has 0 saturated carbocycles. The number of aromatic nitrogens is 1. The number of nitrogens with zero attached hydrogens (tertiary/aromatic N) is 3. The second kappa shape index (κ2) is 7.80. The summed E-state index contributed by atoms with van der Waals surface area (Å²) < 4.78 is 7.48. The number of ether oxygens (including phenoxy) is 1. The van der Waals surface area contributed by atoms with Crippen LogP contribution in [-0.4, -0.2) is 21.4 Å². The van der Waals surface area contributed by atoms with Gasteiger partial charge in [0, 0.05) is 17.8 Å². The maximum Gasteiger partial charge on any atom is 0.294 e. The molecule has 1 aromatic heterocycles. The summed E-state index contributed by atoms with van der Waals surface area (Å²) in [5, 5.41) is 18.8. The lowest BCUT2D eigenvalue weighted by Crippen LogP contribution is -2.32. The van der Waals surface area contributed by atoms with E-state index in [-0.39, 0.29) is 5.56 Å². The maximum absolute atomic E-state index is 12.8. The molecule has 0 radical (unpaired) electrons. The highest BCUT2D eigenvalue weighted by atomic mass is 17.0. The van der Waals surface area contributed by atoms with Crippen LogP contribution in [0.3, 0.4) is 0 Å². The molecule has 1 aliphatic rings. The first-order valence-corrected chi connectivity index (χ1v) is 9.18. The number of fused-ring (bicyclic) bond motifs is 1. The Morgan fingerprint density at radius 2 is 2.10 bits per heavy atom. The lowest BCUT2D eigenvalue weighted by Gasteiger charge is -2.31. The lowest BCUT2D eigenvalue weighted by atomic mass is 9.97. The molecule has 2 aromatic rings. The Kier molecular flexibility index (Phi) is 5.41. The lowest BCUT2D eigenvalue weighted by molar-refractivity contribution is -0.767. The predicted molar refractivity (Wildman–Crippen MR) is 106 cm³/mol. The quantitative estimate of drug-likeness (QED) is 0.548. The summed E-state index contributed by atoms with van der Waals surface area (Å²) in [6, 6.07) is 10.5. The molecule has 29 heavy (non-hydrogen) atoms. The minimum atomic E-state index is -0.811. The van der Waals surface area contributed by atoms with Gasteiger partial charge in [-0.3, -0.25) is 9.36 Å². The number of pyridine rings is 1. The number of rotatable bonds is 6. The number of hydrogen-bond acceptors (Lipinski definition) is 6. The van der Waals surface area contributed by atoms with E-state index in [0.717, 1.165) is 5.56 Å². The van der Waals surface area contributed by atoms with Crippen molar-refractivity contribution in [3.63, 3.8) is 0 Å². The minimum absolute atomic E-state index is 0.234. The van der Waals surface area contributed by atoms with Gasteiger partial charge in [0.15, 0.2) is 0 Å². The molecule has 0 spiro atoms. The van der Waals surface area contributed by atoms with Crippen molar-refractivity contribution in [1.82, 2.24) is 4.57 Å². The second-order valence-corrected chi connectivity index (χ2v) is 7.48. The van der Waals surface area contributed by atoms with Crippen LogP contribution in [0.2, 0.25) is 0 Å². The average Bonchev–Trinajstić information content (AvgIpc) is 2.64. The van der Waals surface area contributed by atoms with Crippen LogP contribution < -0.4 is 10.3 Å².